The zero-order valence-corrected chi connectivity index (χ0v) is 10.5. The molecule has 1 unspecified atom stereocenters. The minimum Gasteiger partial charge on any atom is -0.376 e. The van der Waals surface area contributed by atoms with Crippen LogP contribution in [0.1, 0.15) is 0 Å². The molecule has 0 aliphatic carbocycles. The molecule has 8 heteroatoms. The molecular formula is C12H12N4O4. The Hall–Kier alpha value is -2.66. The lowest BCUT2D eigenvalue weighted by Crippen LogP contribution is -2.49. The summed E-state index contributed by atoms with van der Waals surface area (Å²) in [5.74, 6) is 0. The number of anilines is 1. The number of amides is 2. The highest BCUT2D eigenvalue weighted by atomic mass is 16.6. The first-order valence-electron chi connectivity index (χ1n) is 5.91. The topological polar surface area (TPSA) is 108 Å². The van der Waals surface area contributed by atoms with Gasteiger partial charge in [0.15, 0.2) is 0 Å². The Balaban J connectivity index is 2.03. The normalized spacial score (nSPS) is 18.1. The van der Waals surface area contributed by atoms with Crippen LogP contribution in [0, 0.1) is 21.4 Å². The Bertz CT molecular complexity index is 552. The lowest BCUT2D eigenvalue weighted by molar-refractivity contribution is -0.384. The van der Waals surface area contributed by atoms with Crippen molar-refractivity contribution in [3.63, 3.8) is 0 Å². The standard InChI is InChI=1S/C12H12N4O4/c13-7-11-8-20-6-5-15(11)12(17)14-9-1-3-10(4-2-9)16(18)19/h1-4,11H,5-6,8H2,(H,14,17). The van der Waals surface area contributed by atoms with Crippen molar-refractivity contribution in [2.75, 3.05) is 25.1 Å². The van der Waals surface area contributed by atoms with Crippen molar-refractivity contribution in [3.8, 4) is 6.07 Å². The summed E-state index contributed by atoms with van der Waals surface area (Å²) >= 11 is 0. The number of hydrogen-bond donors (Lipinski definition) is 1. The molecule has 1 N–H and O–H groups in total. The van der Waals surface area contributed by atoms with Gasteiger partial charge in [0.2, 0.25) is 0 Å². The Kier molecular flexibility index (Phi) is 4.12. The number of ether oxygens (including phenoxy) is 1. The van der Waals surface area contributed by atoms with E-state index in [9.17, 15) is 14.9 Å². The van der Waals surface area contributed by atoms with E-state index < -0.39 is 17.0 Å². The number of nitrogens with zero attached hydrogens (tertiary/aromatic N) is 3. The molecule has 8 nitrogen and oxygen atoms in total. The fraction of sp³-hybridized carbons (Fsp3) is 0.333. The molecule has 104 valence electrons. The first-order valence-corrected chi connectivity index (χ1v) is 5.91. The lowest BCUT2D eigenvalue weighted by Gasteiger charge is -2.31. The predicted molar refractivity (Wildman–Crippen MR) is 69.0 cm³/mol. The summed E-state index contributed by atoms with van der Waals surface area (Å²) in [6.07, 6.45) is 0. The van der Waals surface area contributed by atoms with Crippen LogP contribution in [-0.4, -0.2) is 41.7 Å². The summed E-state index contributed by atoms with van der Waals surface area (Å²) in [7, 11) is 0. The summed E-state index contributed by atoms with van der Waals surface area (Å²) in [6, 6.07) is 6.44. The zero-order chi connectivity index (χ0) is 14.5. The quantitative estimate of drug-likeness (QED) is 0.647. The number of benzene rings is 1. The maximum Gasteiger partial charge on any atom is 0.323 e. The maximum absolute atomic E-state index is 12.0. The molecule has 2 rings (SSSR count). The number of morpholine rings is 1. The number of carbonyl (C=O) groups is 1. The van der Waals surface area contributed by atoms with Gasteiger partial charge in [0.25, 0.3) is 5.69 Å². The number of hydrogen-bond acceptors (Lipinski definition) is 5. The van der Waals surface area contributed by atoms with Crippen molar-refractivity contribution in [3.05, 3.63) is 34.4 Å². The van der Waals surface area contributed by atoms with E-state index in [4.69, 9.17) is 10.00 Å². The number of nitro groups is 1. The van der Waals surface area contributed by atoms with Crippen LogP contribution in [0.5, 0.6) is 0 Å². The van der Waals surface area contributed by atoms with E-state index >= 15 is 0 Å². The van der Waals surface area contributed by atoms with Crippen LogP contribution in [0.15, 0.2) is 24.3 Å². The third-order valence-corrected chi connectivity index (χ3v) is 2.87. The first-order chi connectivity index (χ1) is 9.61. The number of carbonyl (C=O) groups excluding carboxylic acids is 1. The van der Waals surface area contributed by atoms with E-state index in [-0.39, 0.29) is 12.3 Å². The van der Waals surface area contributed by atoms with Gasteiger partial charge in [-0.25, -0.2) is 4.79 Å². The number of nitrogens with one attached hydrogen (secondary N) is 1. The van der Waals surface area contributed by atoms with E-state index in [0.29, 0.717) is 18.8 Å². The molecule has 0 radical (unpaired) electrons. The van der Waals surface area contributed by atoms with E-state index in [1.54, 1.807) is 0 Å². The predicted octanol–water partition coefficient (Wildman–Crippen LogP) is 1.35. The van der Waals surface area contributed by atoms with Crippen molar-refractivity contribution in [1.82, 2.24) is 4.90 Å². The minimum atomic E-state index is -0.623. The van der Waals surface area contributed by atoms with Gasteiger partial charge in [0.05, 0.1) is 24.2 Å². The van der Waals surface area contributed by atoms with Crippen molar-refractivity contribution in [2.45, 2.75) is 6.04 Å². The average Bonchev–Trinajstić information content (AvgIpc) is 2.47. The molecule has 0 bridgehead atoms. The monoisotopic (exact) mass is 276 g/mol. The summed E-state index contributed by atoms with van der Waals surface area (Å²) in [5.41, 5.74) is 0.382. The molecule has 1 heterocycles. The molecule has 0 saturated carbocycles. The van der Waals surface area contributed by atoms with Gasteiger partial charge in [0, 0.05) is 24.4 Å². The molecule has 1 atom stereocenters. The maximum atomic E-state index is 12.0. The van der Waals surface area contributed by atoms with Crippen LogP contribution in [0.25, 0.3) is 0 Å². The van der Waals surface area contributed by atoms with E-state index in [2.05, 4.69) is 5.32 Å². The molecule has 1 aromatic rings. The lowest BCUT2D eigenvalue weighted by atomic mass is 10.2. The minimum absolute atomic E-state index is 0.0516. The average molecular weight is 276 g/mol. The zero-order valence-electron chi connectivity index (χ0n) is 10.5. The summed E-state index contributed by atoms with van der Waals surface area (Å²) in [6.45, 7) is 0.896. The van der Waals surface area contributed by atoms with Crippen LogP contribution in [0.3, 0.4) is 0 Å². The highest BCUT2D eigenvalue weighted by Crippen LogP contribution is 2.16. The molecule has 1 saturated heterocycles. The Labute approximate surface area is 114 Å². The Morgan fingerprint density at radius 3 is 2.80 bits per heavy atom. The number of non-ortho nitro benzene ring substituents is 1. The van der Waals surface area contributed by atoms with Crippen molar-refractivity contribution >= 4 is 17.4 Å². The second-order valence-corrected chi connectivity index (χ2v) is 4.15. The van der Waals surface area contributed by atoms with Crippen molar-refractivity contribution in [2.24, 2.45) is 0 Å². The highest BCUT2D eigenvalue weighted by Gasteiger charge is 2.27. The van der Waals surface area contributed by atoms with Crippen LogP contribution in [-0.2, 0) is 4.74 Å². The summed E-state index contributed by atoms with van der Waals surface area (Å²) in [4.78, 5) is 23.4. The van der Waals surface area contributed by atoms with Gasteiger partial charge < -0.3 is 15.0 Å². The summed E-state index contributed by atoms with van der Waals surface area (Å²) < 4.78 is 5.13. The van der Waals surface area contributed by atoms with E-state index in [1.165, 1.54) is 29.2 Å². The third-order valence-electron chi connectivity index (χ3n) is 2.87. The van der Waals surface area contributed by atoms with Gasteiger partial charge >= 0.3 is 6.03 Å². The SMILES string of the molecule is N#CC1COCCN1C(=O)Nc1ccc([N+](=O)[O-])cc1. The van der Waals surface area contributed by atoms with Gasteiger partial charge in [-0.1, -0.05) is 0 Å². The number of rotatable bonds is 2. The van der Waals surface area contributed by atoms with Crippen LogP contribution >= 0.6 is 0 Å². The Morgan fingerprint density at radius 1 is 1.50 bits per heavy atom. The Morgan fingerprint density at radius 2 is 2.20 bits per heavy atom. The second-order valence-electron chi connectivity index (χ2n) is 4.15. The molecule has 1 aliphatic heterocycles. The van der Waals surface area contributed by atoms with Gasteiger partial charge in [0.1, 0.15) is 6.04 Å². The molecule has 2 amide bonds. The van der Waals surface area contributed by atoms with Gasteiger partial charge in [-0.2, -0.15) is 5.26 Å². The van der Waals surface area contributed by atoms with Crippen LogP contribution in [0.2, 0.25) is 0 Å². The molecule has 0 aromatic heterocycles. The van der Waals surface area contributed by atoms with Crippen LogP contribution in [0.4, 0.5) is 16.2 Å². The van der Waals surface area contributed by atoms with Gasteiger partial charge in [-0.05, 0) is 12.1 Å². The van der Waals surface area contributed by atoms with Crippen molar-refractivity contribution in [1.29, 1.82) is 5.26 Å². The third kappa shape index (κ3) is 3.02. The molecule has 0 spiro atoms. The molecule has 1 aromatic carbocycles. The molecule has 1 fully saturated rings. The number of nitro benzene ring substituents is 1. The molecular weight excluding hydrogens is 264 g/mol. The highest BCUT2D eigenvalue weighted by molar-refractivity contribution is 5.89. The van der Waals surface area contributed by atoms with E-state index in [0.717, 1.165) is 0 Å². The summed E-state index contributed by atoms with van der Waals surface area (Å²) in [5, 5.41) is 22.1. The van der Waals surface area contributed by atoms with Gasteiger partial charge in [-0.15, -0.1) is 0 Å². The number of urea groups is 1. The number of nitriles is 1. The van der Waals surface area contributed by atoms with Crippen LogP contribution < -0.4 is 5.32 Å². The van der Waals surface area contributed by atoms with E-state index in [1.807, 2.05) is 6.07 Å². The second kappa shape index (κ2) is 5.99. The fourth-order valence-corrected chi connectivity index (χ4v) is 1.82. The van der Waals surface area contributed by atoms with Gasteiger partial charge in [-0.3, -0.25) is 10.1 Å². The smallest absolute Gasteiger partial charge is 0.323 e. The first kappa shape index (κ1) is 13.8. The largest absolute Gasteiger partial charge is 0.376 e. The fourth-order valence-electron chi connectivity index (χ4n) is 1.82. The molecule has 20 heavy (non-hydrogen) atoms. The van der Waals surface area contributed by atoms with Crippen molar-refractivity contribution < 1.29 is 14.5 Å². The molecule has 1 aliphatic rings.